The number of ether oxygens (including phenoxy) is 1. The number of carbonyl (C=O) groups excluding carboxylic acids is 1. The second kappa shape index (κ2) is 9.64. The lowest BCUT2D eigenvalue weighted by atomic mass is 10.1. The standard InChI is InChI=1S/C30H22N2O2S2/c33-29-28(36-30(35)31-29)17-25-15-24-16-26(34-19-20-6-2-1-3-7-20)12-13-27(24)32(25)18-21-10-11-22-8-4-5-9-23(22)14-21/h1-17H,18-19H2,(H,31,33,35)/b28-17-. The maximum Gasteiger partial charge on any atom is 0.263 e. The second-order valence-electron chi connectivity index (χ2n) is 8.68. The summed E-state index contributed by atoms with van der Waals surface area (Å²) in [5.74, 6) is 0.655. The Morgan fingerprint density at radius 1 is 0.833 bits per heavy atom. The Labute approximate surface area is 218 Å². The molecule has 0 unspecified atom stereocenters. The van der Waals surface area contributed by atoms with Crippen LogP contribution >= 0.6 is 24.0 Å². The fraction of sp³-hybridized carbons (Fsp3) is 0.0667. The number of hydrogen-bond donors (Lipinski definition) is 1. The fourth-order valence-electron chi connectivity index (χ4n) is 4.47. The number of fused-ring (bicyclic) bond motifs is 2. The number of thiocarbonyl (C=S) groups is 1. The summed E-state index contributed by atoms with van der Waals surface area (Å²) in [6.07, 6.45) is 1.92. The highest BCUT2D eigenvalue weighted by molar-refractivity contribution is 8.26. The number of aromatic nitrogens is 1. The Bertz CT molecular complexity index is 1650. The molecular formula is C30H22N2O2S2. The lowest BCUT2D eigenvalue weighted by Crippen LogP contribution is -2.17. The van der Waals surface area contributed by atoms with Gasteiger partial charge in [-0.1, -0.05) is 90.7 Å². The van der Waals surface area contributed by atoms with Crippen molar-refractivity contribution in [2.24, 2.45) is 0 Å². The van der Waals surface area contributed by atoms with Crippen molar-refractivity contribution < 1.29 is 9.53 Å². The van der Waals surface area contributed by atoms with Crippen molar-refractivity contribution >= 4 is 62.0 Å². The van der Waals surface area contributed by atoms with Gasteiger partial charge in [0.1, 0.15) is 16.7 Å². The Morgan fingerprint density at radius 2 is 1.64 bits per heavy atom. The summed E-state index contributed by atoms with van der Waals surface area (Å²) in [7, 11) is 0. The Balaban J connectivity index is 1.38. The molecule has 0 spiro atoms. The molecule has 1 fully saturated rings. The summed E-state index contributed by atoms with van der Waals surface area (Å²) in [6, 6.07) is 33.3. The molecule has 36 heavy (non-hydrogen) atoms. The first-order chi connectivity index (χ1) is 17.6. The molecule has 4 aromatic carbocycles. The number of amides is 1. The number of benzene rings is 4. The molecule has 0 atom stereocenters. The highest BCUT2D eigenvalue weighted by Crippen LogP contribution is 2.31. The van der Waals surface area contributed by atoms with E-state index in [0.717, 1.165) is 27.9 Å². The van der Waals surface area contributed by atoms with Gasteiger partial charge in [-0.25, -0.2) is 0 Å². The minimum absolute atomic E-state index is 0.153. The van der Waals surface area contributed by atoms with E-state index in [1.165, 1.54) is 28.1 Å². The third kappa shape index (κ3) is 4.65. The summed E-state index contributed by atoms with van der Waals surface area (Å²) in [5, 5.41) is 6.19. The summed E-state index contributed by atoms with van der Waals surface area (Å²) in [6.45, 7) is 1.18. The first-order valence-corrected chi connectivity index (χ1v) is 12.9. The van der Waals surface area contributed by atoms with E-state index in [1.807, 2.05) is 30.3 Å². The van der Waals surface area contributed by atoms with Gasteiger partial charge >= 0.3 is 0 Å². The molecule has 1 amide bonds. The van der Waals surface area contributed by atoms with Gasteiger partial charge in [0, 0.05) is 23.1 Å². The van der Waals surface area contributed by atoms with Crippen LogP contribution in [0.4, 0.5) is 0 Å². The molecule has 0 radical (unpaired) electrons. The van der Waals surface area contributed by atoms with Crippen molar-refractivity contribution in [1.29, 1.82) is 0 Å². The maximum atomic E-state index is 12.4. The zero-order chi connectivity index (χ0) is 24.5. The average Bonchev–Trinajstić information content (AvgIpc) is 3.40. The van der Waals surface area contributed by atoms with Crippen LogP contribution in [0, 0.1) is 0 Å². The average molecular weight is 507 g/mol. The van der Waals surface area contributed by atoms with E-state index >= 15 is 0 Å². The summed E-state index contributed by atoms with van der Waals surface area (Å²) in [4.78, 5) is 13.0. The van der Waals surface area contributed by atoms with E-state index in [0.29, 0.717) is 22.4 Å². The largest absolute Gasteiger partial charge is 0.489 e. The molecule has 2 heterocycles. The smallest absolute Gasteiger partial charge is 0.263 e. The van der Waals surface area contributed by atoms with Gasteiger partial charge in [0.05, 0.1) is 4.91 Å². The van der Waals surface area contributed by atoms with Crippen LogP contribution in [0.2, 0.25) is 0 Å². The van der Waals surface area contributed by atoms with E-state index < -0.39 is 0 Å². The van der Waals surface area contributed by atoms with Crippen molar-refractivity contribution in [3.8, 4) is 5.75 Å². The number of nitrogens with zero attached hydrogens (tertiary/aromatic N) is 1. The predicted octanol–water partition coefficient (Wildman–Crippen LogP) is 6.91. The minimum Gasteiger partial charge on any atom is -0.489 e. The molecule has 0 saturated carbocycles. The third-order valence-corrected chi connectivity index (χ3v) is 7.39. The molecule has 1 N–H and O–H groups in total. The molecule has 1 aromatic heterocycles. The lowest BCUT2D eigenvalue weighted by Gasteiger charge is -2.11. The lowest BCUT2D eigenvalue weighted by molar-refractivity contribution is -0.115. The SMILES string of the molecule is O=C1NC(=S)S/C1=C\c1cc2cc(OCc3ccccc3)ccc2n1Cc1ccc2ccccc2c1. The van der Waals surface area contributed by atoms with Gasteiger partial charge < -0.3 is 14.6 Å². The monoisotopic (exact) mass is 506 g/mol. The molecule has 4 nitrogen and oxygen atoms in total. The second-order valence-corrected chi connectivity index (χ2v) is 10.4. The molecule has 0 aliphatic carbocycles. The van der Waals surface area contributed by atoms with Crippen molar-refractivity contribution in [3.63, 3.8) is 0 Å². The normalized spacial score (nSPS) is 14.6. The molecule has 176 valence electrons. The van der Waals surface area contributed by atoms with Gasteiger partial charge in [-0.05, 0) is 58.3 Å². The van der Waals surface area contributed by atoms with Crippen LogP contribution in [0.1, 0.15) is 16.8 Å². The van der Waals surface area contributed by atoms with E-state index in [2.05, 4.69) is 82.7 Å². The van der Waals surface area contributed by atoms with Crippen LogP contribution < -0.4 is 10.1 Å². The van der Waals surface area contributed by atoms with Gasteiger partial charge in [0.25, 0.3) is 5.91 Å². The zero-order valence-corrected chi connectivity index (χ0v) is 20.9. The molecular weight excluding hydrogens is 484 g/mol. The fourth-order valence-corrected chi connectivity index (χ4v) is 5.50. The molecule has 5 aromatic rings. The topological polar surface area (TPSA) is 43.3 Å². The summed E-state index contributed by atoms with van der Waals surface area (Å²) >= 11 is 6.49. The Morgan fingerprint density at radius 3 is 2.44 bits per heavy atom. The number of rotatable bonds is 6. The van der Waals surface area contributed by atoms with Gasteiger partial charge in [0.15, 0.2) is 0 Å². The van der Waals surface area contributed by atoms with Crippen molar-refractivity contribution in [2.75, 3.05) is 0 Å². The third-order valence-electron chi connectivity index (χ3n) is 6.23. The van der Waals surface area contributed by atoms with Crippen molar-refractivity contribution in [3.05, 3.63) is 119 Å². The quantitative estimate of drug-likeness (QED) is 0.201. The van der Waals surface area contributed by atoms with E-state index in [-0.39, 0.29) is 5.91 Å². The molecule has 1 aliphatic heterocycles. The molecule has 0 bridgehead atoms. The molecule has 1 aliphatic rings. The molecule has 6 rings (SSSR count). The number of nitrogens with one attached hydrogen (secondary N) is 1. The van der Waals surface area contributed by atoms with Gasteiger partial charge in [-0.3, -0.25) is 4.79 Å². The predicted molar refractivity (Wildman–Crippen MR) is 152 cm³/mol. The highest BCUT2D eigenvalue weighted by Gasteiger charge is 2.23. The van der Waals surface area contributed by atoms with Gasteiger partial charge in [-0.15, -0.1) is 0 Å². The molecule has 1 saturated heterocycles. The first kappa shape index (κ1) is 22.6. The number of carbonyl (C=O) groups is 1. The van der Waals surface area contributed by atoms with Gasteiger partial charge in [0.2, 0.25) is 0 Å². The van der Waals surface area contributed by atoms with Crippen molar-refractivity contribution in [1.82, 2.24) is 9.88 Å². The van der Waals surface area contributed by atoms with E-state index in [1.54, 1.807) is 0 Å². The van der Waals surface area contributed by atoms with Gasteiger partial charge in [-0.2, -0.15) is 0 Å². The minimum atomic E-state index is -0.153. The van der Waals surface area contributed by atoms with Crippen LogP contribution in [0.15, 0.2) is 102 Å². The number of thioether (sulfide) groups is 1. The summed E-state index contributed by atoms with van der Waals surface area (Å²) < 4.78 is 8.80. The maximum absolute atomic E-state index is 12.4. The van der Waals surface area contributed by atoms with Crippen LogP contribution in [-0.2, 0) is 17.9 Å². The Kier molecular flexibility index (Phi) is 6.05. The van der Waals surface area contributed by atoms with Crippen LogP contribution in [0.5, 0.6) is 5.75 Å². The number of hydrogen-bond acceptors (Lipinski definition) is 4. The summed E-state index contributed by atoms with van der Waals surface area (Å²) in [5.41, 5.74) is 4.33. The van der Waals surface area contributed by atoms with Crippen molar-refractivity contribution in [2.45, 2.75) is 13.2 Å². The van der Waals surface area contributed by atoms with E-state index in [4.69, 9.17) is 17.0 Å². The van der Waals surface area contributed by atoms with Crippen LogP contribution in [0.3, 0.4) is 0 Å². The van der Waals surface area contributed by atoms with E-state index in [9.17, 15) is 4.79 Å². The molecule has 6 heteroatoms. The first-order valence-electron chi connectivity index (χ1n) is 11.6. The highest BCUT2D eigenvalue weighted by atomic mass is 32.2. The zero-order valence-electron chi connectivity index (χ0n) is 19.3. The van der Waals surface area contributed by atoms with Crippen LogP contribution in [-0.4, -0.2) is 14.8 Å². The van der Waals surface area contributed by atoms with Crippen LogP contribution in [0.25, 0.3) is 27.8 Å². The Hall–Kier alpha value is -3.87.